The summed E-state index contributed by atoms with van der Waals surface area (Å²) in [6, 6.07) is 20.6. The molecular formula is C25H24N2O3. The number of rotatable bonds is 5. The number of nitrogens with zero attached hydrogens (tertiary/aromatic N) is 1. The minimum absolute atomic E-state index is 0.0646. The van der Waals surface area contributed by atoms with Crippen LogP contribution in [0.4, 0.5) is 11.4 Å². The van der Waals surface area contributed by atoms with Crippen LogP contribution in [0, 0.1) is 13.8 Å². The summed E-state index contributed by atoms with van der Waals surface area (Å²) in [5, 5.41) is 13.3. The number of ether oxygens (including phenoxy) is 1. The van der Waals surface area contributed by atoms with E-state index < -0.39 is 0 Å². The van der Waals surface area contributed by atoms with Crippen molar-refractivity contribution >= 4 is 17.3 Å². The van der Waals surface area contributed by atoms with Gasteiger partial charge in [-0.05, 0) is 73.0 Å². The van der Waals surface area contributed by atoms with Crippen molar-refractivity contribution in [2.75, 3.05) is 17.3 Å². The number of phenols is 1. The van der Waals surface area contributed by atoms with Crippen molar-refractivity contribution in [3.05, 3.63) is 95.2 Å². The summed E-state index contributed by atoms with van der Waals surface area (Å²) >= 11 is 0. The smallest absolute Gasteiger partial charge is 0.275 e. The molecule has 3 aromatic carbocycles. The maximum Gasteiger partial charge on any atom is 0.275 e. The van der Waals surface area contributed by atoms with E-state index in [-0.39, 0.29) is 17.7 Å². The first-order chi connectivity index (χ1) is 14.5. The van der Waals surface area contributed by atoms with Crippen LogP contribution in [-0.4, -0.2) is 18.1 Å². The van der Waals surface area contributed by atoms with E-state index in [0.717, 1.165) is 28.1 Å². The normalized spacial score (nSPS) is 15.8. The van der Waals surface area contributed by atoms with Gasteiger partial charge < -0.3 is 15.2 Å². The molecule has 0 aliphatic carbocycles. The van der Waals surface area contributed by atoms with Gasteiger partial charge in [0.25, 0.3) is 5.91 Å². The molecule has 0 saturated heterocycles. The third-order valence-electron chi connectivity index (χ3n) is 5.17. The van der Waals surface area contributed by atoms with Crippen LogP contribution in [-0.2, 0) is 4.79 Å². The molecule has 1 aliphatic rings. The first kappa shape index (κ1) is 19.6. The maximum atomic E-state index is 13.4. The number of aromatic hydroxyl groups is 1. The lowest BCUT2D eigenvalue weighted by atomic mass is 10.0. The Morgan fingerprint density at radius 2 is 1.70 bits per heavy atom. The summed E-state index contributed by atoms with van der Waals surface area (Å²) in [6.07, 6.45) is 1.92. The highest BCUT2D eigenvalue weighted by Gasteiger charge is 2.35. The van der Waals surface area contributed by atoms with Gasteiger partial charge in [0.15, 0.2) is 11.5 Å². The fourth-order valence-corrected chi connectivity index (χ4v) is 3.71. The van der Waals surface area contributed by atoms with Gasteiger partial charge in [0.05, 0.1) is 13.2 Å². The van der Waals surface area contributed by atoms with Gasteiger partial charge in [-0.1, -0.05) is 30.3 Å². The third kappa shape index (κ3) is 3.74. The van der Waals surface area contributed by atoms with Gasteiger partial charge in [-0.15, -0.1) is 0 Å². The lowest BCUT2D eigenvalue weighted by Crippen LogP contribution is -2.30. The fraction of sp³-hybridized carbons (Fsp3) is 0.160. The Labute approximate surface area is 176 Å². The molecule has 0 bridgehead atoms. The Bertz CT molecular complexity index is 1140. The number of carbonyl (C=O) groups excluding carboxylic acids is 1. The largest absolute Gasteiger partial charge is 0.504 e. The minimum Gasteiger partial charge on any atom is -0.504 e. The third-order valence-corrected chi connectivity index (χ3v) is 5.17. The molecule has 0 fully saturated rings. The number of benzene rings is 3. The van der Waals surface area contributed by atoms with Gasteiger partial charge in [0.2, 0.25) is 0 Å². The number of phenolic OH excluding ortho intramolecular Hbond substituents is 1. The van der Waals surface area contributed by atoms with Crippen LogP contribution in [0.5, 0.6) is 11.5 Å². The Hall–Kier alpha value is -3.73. The number of methoxy groups -OCH3 is 1. The number of nitrogens with one attached hydrogen (secondary N) is 1. The summed E-state index contributed by atoms with van der Waals surface area (Å²) in [6.45, 7) is 4.02. The summed E-state index contributed by atoms with van der Waals surface area (Å²) in [5.41, 5.74) is 5.22. The number of anilines is 2. The van der Waals surface area contributed by atoms with Crippen molar-refractivity contribution in [2.45, 2.75) is 19.9 Å². The average Bonchev–Trinajstić information content (AvgIpc) is 3.04. The van der Waals surface area contributed by atoms with E-state index in [1.54, 1.807) is 17.0 Å². The minimum atomic E-state index is -0.332. The lowest BCUT2D eigenvalue weighted by Gasteiger charge is -2.26. The Balaban J connectivity index is 1.77. The zero-order valence-corrected chi connectivity index (χ0v) is 17.2. The quantitative estimate of drug-likeness (QED) is 0.625. The highest BCUT2D eigenvalue weighted by molar-refractivity contribution is 6.11. The molecule has 0 radical (unpaired) electrons. The first-order valence-electron chi connectivity index (χ1n) is 9.79. The van der Waals surface area contributed by atoms with Gasteiger partial charge in [-0.3, -0.25) is 9.69 Å². The molecule has 5 heteroatoms. The molecule has 1 heterocycles. The molecule has 0 spiro atoms. The van der Waals surface area contributed by atoms with Crippen molar-refractivity contribution in [3.63, 3.8) is 0 Å². The highest BCUT2D eigenvalue weighted by atomic mass is 16.5. The van der Waals surface area contributed by atoms with Gasteiger partial charge in [0, 0.05) is 11.4 Å². The molecule has 152 valence electrons. The van der Waals surface area contributed by atoms with Crippen LogP contribution < -0.4 is 15.0 Å². The van der Waals surface area contributed by atoms with Gasteiger partial charge >= 0.3 is 0 Å². The van der Waals surface area contributed by atoms with Crippen molar-refractivity contribution in [1.29, 1.82) is 0 Å². The summed E-state index contributed by atoms with van der Waals surface area (Å²) in [5.74, 6) is 0.326. The molecule has 5 nitrogen and oxygen atoms in total. The molecule has 1 atom stereocenters. The topological polar surface area (TPSA) is 61.8 Å². The molecule has 2 N–H and O–H groups in total. The van der Waals surface area contributed by atoms with E-state index in [4.69, 9.17) is 4.74 Å². The predicted molar refractivity (Wildman–Crippen MR) is 119 cm³/mol. The standard InChI is InChI=1S/C25H24N2O3/c1-16-6-4-8-19(12-16)26-21-15-22(18-10-11-23(28)24(14-18)30-3)27(25(21)29)20-9-5-7-17(2)13-20/h4-15,22,26,28H,1-3H3/t22-/m1/s1. The van der Waals surface area contributed by atoms with E-state index >= 15 is 0 Å². The van der Waals surface area contributed by atoms with Crippen molar-refractivity contribution in [2.24, 2.45) is 0 Å². The molecule has 0 unspecified atom stereocenters. The Kier molecular flexibility index (Phi) is 5.19. The number of hydrogen-bond donors (Lipinski definition) is 2. The second-order valence-corrected chi connectivity index (χ2v) is 7.47. The monoisotopic (exact) mass is 400 g/mol. The Morgan fingerprint density at radius 3 is 2.40 bits per heavy atom. The zero-order valence-electron chi connectivity index (χ0n) is 17.2. The van der Waals surface area contributed by atoms with Gasteiger partial charge in [0.1, 0.15) is 5.70 Å². The average molecular weight is 400 g/mol. The molecule has 3 aromatic rings. The zero-order chi connectivity index (χ0) is 21.3. The van der Waals surface area contributed by atoms with E-state index in [2.05, 4.69) is 5.32 Å². The first-order valence-corrected chi connectivity index (χ1v) is 9.79. The number of hydrogen-bond acceptors (Lipinski definition) is 4. The lowest BCUT2D eigenvalue weighted by molar-refractivity contribution is -0.114. The SMILES string of the molecule is COc1cc([C@H]2C=C(Nc3cccc(C)c3)C(=O)N2c2cccc(C)c2)ccc1O. The second-order valence-electron chi connectivity index (χ2n) is 7.47. The molecule has 4 rings (SSSR count). The van der Waals surface area contributed by atoms with Crippen LogP contribution in [0.15, 0.2) is 78.5 Å². The van der Waals surface area contributed by atoms with Crippen LogP contribution in [0.3, 0.4) is 0 Å². The van der Waals surface area contributed by atoms with E-state index in [1.807, 2.05) is 74.5 Å². The fourth-order valence-electron chi connectivity index (χ4n) is 3.71. The van der Waals surface area contributed by atoms with E-state index in [0.29, 0.717) is 11.4 Å². The van der Waals surface area contributed by atoms with Crippen molar-refractivity contribution in [3.8, 4) is 11.5 Å². The highest BCUT2D eigenvalue weighted by Crippen LogP contribution is 2.39. The molecular weight excluding hydrogens is 376 g/mol. The number of carbonyl (C=O) groups is 1. The van der Waals surface area contributed by atoms with Crippen molar-refractivity contribution < 1.29 is 14.6 Å². The molecule has 0 saturated carbocycles. The summed E-state index contributed by atoms with van der Waals surface area (Å²) < 4.78 is 5.28. The molecule has 0 aromatic heterocycles. The predicted octanol–water partition coefficient (Wildman–Crippen LogP) is 5.10. The van der Waals surface area contributed by atoms with Crippen LogP contribution in [0.2, 0.25) is 0 Å². The Morgan fingerprint density at radius 1 is 0.967 bits per heavy atom. The van der Waals surface area contributed by atoms with Crippen LogP contribution >= 0.6 is 0 Å². The van der Waals surface area contributed by atoms with E-state index in [9.17, 15) is 9.90 Å². The second kappa shape index (κ2) is 7.95. The van der Waals surface area contributed by atoms with Crippen molar-refractivity contribution in [1.82, 2.24) is 0 Å². The molecule has 1 aliphatic heterocycles. The van der Waals surface area contributed by atoms with E-state index in [1.165, 1.54) is 7.11 Å². The van der Waals surface area contributed by atoms with Crippen LogP contribution in [0.1, 0.15) is 22.7 Å². The maximum absolute atomic E-state index is 13.4. The van der Waals surface area contributed by atoms with Crippen LogP contribution in [0.25, 0.3) is 0 Å². The van der Waals surface area contributed by atoms with Gasteiger partial charge in [-0.2, -0.15) is 0 Å². The molecule has 1 amide bonds. The summed E-state index contributed by atoms with van der Waals surface area (Å²) in [7, 11) is 1.51. The number of aryl methyl sites for hydroxylation is 2. The number of amides is 1. The summed E-state index contributed by atoms with van der Waals surface area (Å²) in [4.78, 5) is 15.2. The van der Waals surface area contributed by atoms with Gasteiger partial charge in [-0.25, -0.2) is 0 Å². The molecule has 30 heavy (non-hydrogen) atoms.